The predicted octanol–water partition coefficient (Wildman–Crippen LogP) is 3.66. The van der Waals surface area contributed by atoms with E-state index in [2.05, 4.69) is 4.90 Å². The monoisotopic (exact) mass is 283 g/mol. The van der Waals surface area contributed by atoms with Gasteiger partial charge in [0.15, 0.2) is 5.78 Å². The van der Waals surface area contributed by atoms with Crippen LogP contribution in [0.1, 0.15) is 29.6 Å². The number of halogens is 2. The number of likely N-dealkylation sites (tertiary alicyclic amines) is 1. The second kappa shape index (κ2) is 4.84. The summed E-state index contributed by atoms with van der Waals surface area (Å²) in [5.41, 5.74) is 0.548. The molecule has 4 heteroatoms. The van der Waals surface area contributed by atoms with Crippen molar-refractivity contribution in [3.63, 3.8) is 0 Å². The lowest BCUT2D eigenvalue weighted by molar-refractivity contribution is 0.0905. The van der Waals surface area contributed by atoms with Crippen molar-refractivity contribution in [2.75, 3.05) is 13.1 Å². The van der Waals surface area contributed by atoms with Crippen LogP contribution in [-0.2, 0) is 0 Å². The molecule has 0 aromatic heterocycles. The SMILES string of the molecule is O=C(CN1CC2CCC1C2)c1cc(Cl)ccc1Cl. The molecule has 2 nitrogen and oxygen atoms in total. The molecular weight excluding hydrogens is 269 g/mol. The lowest BCUT2D eigenvalue weighted by atomic mass is 10.1. The van der Waals surface area contributed by atoms with Gasteiger partial charge < -0.3 is 0 Å². The zero-order valence-corrected chi connectivity index (χ0v) is 11.5. The van der Waals surface area contributed by atoms with Gasteiger partial charge in [0.25, 0.3) is 0 Å². The van der Waals surface area contributed by atoms with Gasteiger partial charge in [0.05, 0.1) is 11.6 Å². The van der Waals surface area contributed by atoms with E-state index in [1.54, 1.807) is 18.2 Å². The molecule has 0 amide bonds. The lowest BCUT2D eigenvalue weighted by Gasteiger charge is -2.25. The van der Waals surface area contributed by atoms with E-state index in [1.807, 2.05) is 0 Å². The van der Waals surface area contributed by atoms with E-state index in [-0.39, 0.29) is 5.78 Å². The van der Waals surface area contributed by atoms with Gasteiger partial charge in [-0.05, 0) is 43.4 Å². The average molecular weight is 284 g/mol. The van der Waals surface area contributed by atoms with E-state index in [0.717, 1.165) is 12.5 Å². The first-order chi connectivity index (χ1) is 8.63. The fourth-order valence-electron chi connectivity index (χ4n) is 3.20. The van der Waals surface area contributed by atoms with Crippen molar-refractivity contribution in [2.24, 2.45) is 5.92 Å². The van der Waals surface area contributed by atoms with Gasteiger partial charge in [-0.15, -0.1) is 0 Å². The number of carbonyl (C=O) groups is 1. The molecular formula is C14H15Cl2NO. The Morgan fingerprint density at radius 1 is 1.33 bits per heavy atom. The zero-order valence-electron chi connectivity index (χ0n) is 10.0. The number of rotatable bonds is 3. The largest absolute Gasteiger partial charge is 0.293 e. The third kappa shape index (κ3) is 2.29. The molecule has 1 aromatic carbocycles. The molecule has 96 valence electrons. The molecule has 2 atom stereocenters. The molecule has 2 unspecified atom stereocenters. The normalized spacial score (nSPS) is 26.8. The Labute approximate surface area is 117 Å². The number of Topliss-reactive ketones (excluding diaryl/α,β-unsaturated/α-hetero) is 1. The molecule has 1 saturated carbocycles. The summed E-state index contributed by atoms with van der Waals surface area (Å²) >= 11 is 12.0. The van der Waals surface area contributed by atoms with Crippen molar-refractivity contribution in [1.29, 1.82) is 0 Å². The van der Waals surface area contributed by atoms with Crippen molar-refractivity contribution in [3.8, 4) is 0 Å². The third-order valence-corrected chi connectivity index (χ3v) is 4.66. The Kier molecular flexibility index (Phi) is 3.35. The smallest absolute Gasteiger partial charge is 0.178 e. The van der Waals surface area contributed by atoms with Crippen molar-refractivity contribution >= 4 is 29.0 Å². The van der Waals surface area contributed by atoms with Crippen LogP contribution in [0.25, 0.3) is 0 Å². The van der Waals surface area contributed by atoms with Gasteiger partial charge in [-0.2, -0.15) is 0 Å². The average Bonchev–Trinajstić information content (AvgIpc) is 2.94. The first-order valence-corrected chi connectivity index (χ1v) is 7.11. The highest BCUT2D eigenvalue weighted by Crippen LogP contribution is 2.37. The first kappa shape index (κ1) is 12.5. The van der Waals surface area contributed by atoms with Crippen LogP contribution in [0.4, 0.5) is 0 Å². The highest BCUT2D eigenvalue weighted by atomic mass is 35.5. The molecule has 1 saturated heterocycles. The molecule has 18 heavy (non-hydrogen) atoms. The molecule has 0 N–H and O–H groups in total. The topological polar surface area (TPSA) is 20.3 Å². The van der Waals surface area contributed by atoms with Crippen LogP contribution in [0, 0.1) is 5.92 Å². The second-order valence-corrected chi connectivity index (χ2v) is 6.15. The molecule has 2 fully saturated rings. The number of nitrogens with zero attached hydrogens (tertiary/aromatic N) is 1. The summed E-state index contributed by atoms with van der Waals surface area (Å²) < 4.78 is 0. The van der Waals surface area contributed by atoms with Crippen LogP contribution in [-0.4, -0.2) is 29.8 Å². The summed E-state index contributed by atoms with van der Waals surface area (Å²) in [5, 5.41) is 1.06. The zero-order chi connectivity index (χ0) is 12.7. The Balaban J connectivity index is 1.73. The van der Waals surface area contributed by atoms with Crippen molar-refractivity contribution in [2.45, 2.75) is 25.3 Å². The number of fused-ring (bicyclic) bond motifs is 2. The van der Waals surface area contributed by atoms with Gasteiger partial charge in [0.2, 0.25) is 0 Å². The number of piperidine rings is 1. The number of hydrogen-bond acceptors (Lipinski definition) is 2. The molecule has 0 radical (unpaired) electrons. The fraction of sp³-hybridized carbons (Fsp3) is 0.500. The molecule has 1 heterocycles. The Hall–Kier alpha value is -0.570. The minimum absolute atomic E-state index is 0.0788. The van der Waals surface area contributed by atoms with Crippen molar-refractivity contribution in [1.82, 2.24) is 4.90 Å². The molecule has 1 aliphatic heterocycles. The third-order valence-electron chi connectivity index (χ3n) is 4.10. The minimum atomic E-state index is 0.0788. The number of carbonyl (C=O) groups excluding carboxylic acids is 1. The minimum Gasteiger partial charge on any atom is -0.293 e. The predicted molar refractivity (Wildman–Crippen MR) is 73.5 cm³/mol. The highest BCUT2D eigenvalue weighted by molar-refractivity contribution is 6.36. The number of ketones is 1. The maximum absolute atomic E-state index is 12.3. The first-order valence-electron chi connectivity index (χ1n) is 6.36. The van der Waals surface area contributed by atoms with Crippen molar-refractivity contribution < 1.29 is 4.79 Å². The summed E-state index contributed by atoms with van der Waals surface area (Å²) in [5.74, 6) is 0.882. The summed E-state index contributed by atoms with van der Waals surface area (Å²) in [6.45, 7) is 1.54. The molecule has 1 aromatic rings. The summed E-state index contributed by atoms with van der Waals surface area (Å²) in [6, 6.07) is 5.67. The van der Waals surface area contributed by atoms with Gasteiger partial charge >= 0.3 is 0 Å². The van der Waals surface area contributed by atoms with Gasteiger partial charge in [-0.1, -0.05) is 23.2 Å². The Morgan fingerprint density at radius 3 is 2.83 bits per heavy atom. The molecule has 2 aliphatic rings. The summed E-state index contributed by atoms with van der Waals surface area (Å²) in [4.78, 5) is 14.6. The molecule has 2 bridgehead atoms. The van der Waals surface area contributed by atoms with Crippen LogP contribution in [0.15, 0.2) is 18.2 Å². The van der Waals surface area contributed by atoms with E-state index >= 15 is 0 Å². The molecule has 3 rings (SSSR count). The lowest BCUT2D eigenvalue weighted by Crippen LogP contribution is -2.36. The van der Waals surface area contributed by atoms with Gasteiger partial charge in [0.1, 0.15) is 0 Å². The standard InChI is InChI=1S/C14H15Cl2NO/c15-10-2-4-13(16)12(6-10)14(18)8-17-7-9-1-3-11(17)5-9/h2,4,6,9,11H,1,3,5,7-8H2. The van der Waals surface area contributed by atoms with Crippen molar-refractivity contribution in [3.05, 3.63) is 33.8 Å². The summed E-state index contributed by atoms with van der Waals surface area (Å²) in [6.07, 6.45) is 3.82. The van der Waals surface area contributed by atoms with Gasteiger partial charge in [-0.3, -0.25) is 9.69 Å². The number of hydrogen-bond donors (Lipinski definition) is 0. The Morgan fingerprint density at radius 2 is 2.17 bits per heavy atom. The molecule has 1 aliphatic carbocycles. The Bertz CT molecular complexity index is 489. The van der Waals surface area contributed by atoms with Crippen LogP contribution in [0.2, 0.25) is 10.0 Å². The van der Waals surface area contributed by atoms with E-state index in [9.17, 15) is 4.79 Å². The molecule has 0 spiro atoms. The van der Waals surface area contributed by atoms with Crippen LogP contribution >= 0.6 is 23.2 Å². The van der Waals surface area contributed by atoms with Crippen LogP contribution in [0.3, 0.4) is 0 Å². The van der Waals surface area contributed by atoms with E-state index < -0.39 is 0 Å². The maximum Gasteiger partial charge on any atom is 0.178 e. The quantitative estimate of drug-likeness (QED) is 0.789. The second-order valence-electron chi connectivity index (χ2n) is 5.31. The van der Waals surface area contributed by atoms with Gasteiger partial charge in [0, 0.05) is 23.2 Å². The van der Waals surface area contributed by atoms with E-state index in [1.165, 1.54) is 19.3 Å². The van der Waals surface area contributed by atoms with E-state index in [0.29, 0.717) is 28.2 Å². The highest BCUT2D eigenvalue weighted by Gasteiger charge is 2.38. The van der Waals surface area contributed by atoms with Crippen LogP contribution < -0.4 is 0 Å². The van der Waals surface area contributed by atoms with Crippen LogP contribution in [0.5, 0.6) is 0 Å². The van der Waals surface area contributed by atoms with Gasteiger partial charge in [-0.25, -0.2) is 0 Å². The summed E-state index contributed by atoms with van der Waals surface area (Å²) in [7, 11) is 0. The fourth-order valence-corrected chi connectivity index (χ4v) is 3.60. The van der Waals surface area contributed by atoms with E-state index in [4.69, 9.17) is 23.2 Å². The number of benzene rings is 1. The maximum atomic E-state index is 12.3.